The molecular weight excluding hydrogens is 246 g/mol. The van der Waals surface area contributed by atoms with Gasteiger partial charge in [0.05, 0.1) is 0 Å². The second kappa shape index (κ2) is 5.31. The van der Waals surface area contributed by atoms with Crippen molar-refractivity contribution in [2.75, 3.05) is 13.6 Å². The molecule has 0 bridgehead atoms. The second-order valence-corrected chi connectivity index (χ2v) is 6.06. The van der Waals surface area contributed by atoms with Gasteiger partial charge in [0, 0.05) is 24.5 Å². The van der Waals surface area contributed by atoms with E-state index in [1.54, 1.807) is 0 Å². The van der Waals surface area contributed by atoms with E-state index in [-0.39, 0.29) is 5.91 Å². The Labute approximate surface area is 114 Å². The number of carbonyl (C=O) groups excluding carboxylic acids is 1. The number of hydrogen-bond acceptors (Lipinski definition) is 1. The van der Waals surface area contributed by atoms with Gasteiger partial charge in [0.25, 0.3) is 5.91 Å². The Morgan fingerprint density at radius 1 is 1.39 bits per heavy atom. The summed E-state index contributed by atoms with van der Waals surface area (Å²) in [6.07, 6.45) is 2.07. The number of aryl methyl sites for hydroxylation is 2. The average Bonchev–Trinajstić information content (AvgIpc) is 2.29. The molecule has 0 N–H and O–H groups in total. The second-order valence-electron chi connectivity index (χ2n) is 5.44. The number of alkyl halides is 1. The standard InChI is InChI=1S/C15H20ClNO/c1-10-4-5-11(2)14(6-10)15(18)17(3)9-12-7-13(16)8-12/h4-6,12-13H,7-9H2,1-3H3. The van der Waals surface area contributed by atoms with Crippen molar-refractivity contribution in [2.45, 2.75) is 32.1 Å². The fourth-order valence-electron chi connectivity index (χ4n) is 2.45. The van der Waals surface area contributed by atoms with E-state index >= 15 is 0 Å². The van der Waals surface area contributed by atoms with Crippen LogP contribution in [0.1, 0.15) is 34.3 Å². The molecule has 2 nitrogen and oxygen atoms in total. The fourth-order valence-corrected chi connectivity index (χ4v) is 2.95. The molecule has 0 saturated heterocycles. The number of hydrogen-bond donors (Lipinski definition) is 0. The summed E-state index contributed by atoms with van der Waals surface area (Å²) < 4.78 is 0. The summed E-state index contributed by atoms with van der Waals surface area (Å²) in [6.45, 7) is 4.81. The van der Waals surface area contributed by atoms with Gasteiger partial charge in [-0.1, -0.05) is 17.7 Å². The van der Waals surface area contributed by atoms with Crippen LogP contribution in [0.5, 0.6) is 0 Å². The van der Waals surface area contributed by atoms with Crippen LogP contribution in [-0.2, 0) is 0 Å². The summed E-state index contributed by atoms with van der Waals surface area (Å²) in [5.41, 5.74) is 2.99. The Bertz CT molecular complexity index is 452. The van der Waals surface area contributed by atoms with Gasteiger partial charge in [-0.05, 0) is 44.2 Å². The molecule has 0 aromatic heterocycles. The maximum Gasteiger partial charge on any atom is 0.253 e. The molecule has 1 amide bonds. The molecule has 1 aromatic rings. The molecule has 1 aromatic carbocycles. The number of nitrogens with zero attached hydrogens (tertiary/aromatic N) is 1. The molecule has 0 heterocycles. The highest BCUT2D eigenvalue weighted by atomic mass is 35.5. The smallest absolute Gasteiger partial charge is 0.253 e. The van der Waals surface area contributed by atoms with Gasteiger partial charge in [-0.15, -0.1) is 11.6 Å². The molecule has 98 valence electrons. The first-order valence-corrected chi connectivity index (χ1v) is 6.88. The summed E-state index contributed by atoms with van der Waals surface area (Å²) in [4.78, 5) is 14.2. The number of rotatable bonds is 3. The minimum atomic E-state index is 0.120. The van der Waals surface area contributed by atoms with Crippen LogP contribution in [0, 0.1) is 19.8 Å². The average molecular weight is 266 g/mol. The third kappa shape index (κ3) is 2.86. The van der Waals surface area contributed by atoms with Crippen LogP contribution >= 0.6 is 11.6 Å². The van der Waals surface area contributed by atoms with E-state index in [0.717, 1.165) is 36.1 Å². The van der Waals surface area contributed by atoms with E-state index in [2.05, 4.69) is 0 Å². The Balaban J connectivity index is 2.03. The first kappa shape index (κ1) is 13.4. The normalized spacial score (nSPS) is 22.4. The summed E-state index contributed by atoms with van der Waals surface area (Å²) >= 11 is 5.97. The van der Waals surface area contributed by atoms with E-state index < -0.39 is 0 Å². The molecule has 1 aliphatic carbocycles. The van der Waals surface area contributed by atoms with Crippen molar-refractivity contribution in [1.29, 1.82) is 0 Å². The van der Waals surface area contributed by atoms with Gasteiger partial charge >= 0.3 is 0 Å². The molecule has 1 aliphatic rings. The monoisotopic (exact) mass is 265 g/mol. The predicted molar refractivity (Wildman–Crippen MR) is 75.2 cm³/mol. The molecular formula is C15H20ClNO. The molecule has 1 fully saturated rings. The molecule has 0 spiro atoms. The minimum Gasteiger partial charge on any atom is -0.341 e. The summed E-state index contributed by atoms with van der Waals surface area (Å²) in [6, 6.07) is 6.02. The minimum absolute atomic E-state index is 0.120. The lowest BCUT2D eigenvalue weighted by atomic mass is 9.84. The molecule has 0 radical (unpaired) electrons. The number of carbonyl (C=O) groups is 1. The van der Waals surface area contributed by atoms with Crippen molar-refractivity contribution in [2.24, 2.45) is 5.92 Å². The SMILES string of the molecule is Cc1ccc(C)c(C(=O)N(C)CC2CC(Cl)C2)c1. The zero-order chi connectivity index (χ0) is 13.3. The molecule has 0 unspecified atom stereocenters. The lowest BCUT2D eigenvalue weighted by Crippen LogP contribution is -2.38. The topological polar surface area (TPSA) is 20.3 Å². The van der Waals surface area contributed by atoms with Crippen LogP contribution in [0.2, 0.25) is 0 Å². The number of halogens is 1. The quantitative estimate of drug-likeness (QED) is 0.767. The maximum atomic E-state index is 12.4. The summed E-state index contributed by atoms with van der Waals surface area (Å²) in [5, 5.41) is 0.319. The van der Waals surface area contributed by atoms with E-state index in [0.29, 0.717) is 11.3 Å². The molecule has 18 heavy (non-hydrogen) atoms. The van der Waals surface area contributed by atoms with Crippen LogP contribution in [-0.4, -0.2) is 29.8 Å². The largest absolute Gasteiger partial charge is 0.341 e. The van der Waals surface area contributed by atoms with Gasteiger partial charge in [-0.3, -0.25) is 4.79 Å². The predicted octanol–water partition coefficient (Wildman–Crippen LogP) is 3.39. The van der Waals surface area contributed by atoms with Crippen molar-refractivity contribution in [3.05, 3.63) is 34.9 Å². The van der Waals surface area contributed by atoms with Crippen molar-refractivity contribution in [3.8, 4) is 0 Å². The van der Waals surface area contributed by atoms with Crippen molar-refractivity contribution >= 4 is 17.5 Å². The maximum absolute atomic E-state index is 12.4. The lowest BCUT2D eigenvalue weighted by Gasteiger charge is -2.34. The molecule has 3 heteroatoms. The highest BCUT2D eigenvalue weighted by Gasteiger charge is 2.29. The molecule has 0 atom stereocenters. The number of amides is 1. The van der Waals surface area contributed by atoms with Crippen molar-refractivity contribution in [3.63, 3.8) is 0 Å². The molecule has 0 aliphatic heterocycles. The van der Waals surface area contributed by atoms with Crippen LogP contribution in [0.25, 0.3) is 0 Å². The van der Waals surface area contributed by atoms with Crippen LogP contribution in [0.4, 0.5) is 0 Å². The third-order valence-corrected chi connectivity index (χ3v) is 4.04. The Morgan fingerprint density at radius 2 is 2.06 bits per heavy atom. The lowest BCUT2D eigenvalue weighted by molar-refractivity contribution is 0.0746. The fraction of sp³-hybridized carbons (Fsp3) is 0.533. The van der Waals surface area contributed by atoms with Crippen LogP contribution in [0.15, 0.2) is 18.2 Å². The Hall–Kier alpha value is -1.02. The highest BCUT2D eigenvalue weighted by Crippen LogP contribution is 2.32. The number of benzene rings is 1. The van der Waals surface area contributed by atoms with E-state index in [1.807, 2.05) is 44.0 Å². The van der Waals surface area contributed by atoms with Gasteiger partial charge in [-0.25, -0.2) is 0 Å². The van der Waals surface area contributed by atoms with Crippen molar-refractivity contribution < 1.29 is 4.79 Å². The zero-order valence-corrected chi connectivity index (χ0v) is 12.0. The highest BCUT2D eigenvalue weighted by molar-refractivity contribution is 6.21. The third-order valence-electron chi connectivity index (χ3n) is 3.68. The van der Waals surface area contributed by atoms with Crippen molar-refractivity contribution in [1.82, 2.24) is 4.90 Å². The van der Waals surface area contributed by atoms with Crippen LogP contribution in [0.3, 0.4) is 0 Å². The first-order valence-electron chi connectivity index (χ1n) is 6.44. The van der Waals surface area contributed by atoms with E-state index in [9.17, 15) is 4.79 Å². The summed E-state index contributed by atoms with van der Waals surface area (Å²) in [7, 11) is 1.88. The van der Waals surface area contributed by atoms with Gasteiger partial charge < -0.3 is 4.90 Å². The molecule has 2 rings (SSSR count). The van der Waals surface area contributed by atoms with Gasteiger partial charge in [-0.2, -0.15) is 0 Å². The van der Waals surface area contributed by atoms with E-state index in [4.69, 9.17) is 11.6 Å². The summed E-state index contributed by atoms with van der Waals surface area (Å²) in [5.74, 6) is 0.695. The van der Waals surface area contributed by atoms with Crippen LogP contribution < -0.4 is 0 Å². The first-order chi connectivity index (χ1) is 8.47. The van der Waals surface area contributed by atoms with Gasteiger partial charge in [0.2, 0.25) is 0 Å². The molecule has 1 saturated carbocycles. The zero-order valence-electron chi connectivity index (χ0n) is 11.2. The Morgan fingerprint density at radius 3 is 2.67 bits per heavy atom. The Kier molecular flexibility index (Phi) is 3.96. The van der Waals surface area contributed by atoms with Gasteiger partial charge in [0.15, 0.2) is 0 Å². The van der Waals surface area contributed by atoms with Gasteiger partial charge in [0.1, 0.15) is 0 Å². The van der Waals surface area contributed by atoms with E-state index in [1.165, 1.54) is 0 Å².